The van der Waals surface area contributed by atoms with Crippen LogP contribution in [0.15, 0.2) is 84.8 Å². The molecule has 30 heavy (non-hydrogen) atoms. The maximum atomic E-state index is 4.55. The molecule has 0 aliphatic heterocycles. The summed E-state index contributed by atoms with van der Waals surface area (Å²) in [6, 6.07) is 21.2. The molecule has 5 heteroatoms. The van der Waals surface area contributed by atoms with Crippen LogP contribution >= 0.6 is 11.3 Å². The van der Waals surface area contributed by atoms with Crippen LogP contribution in [0.4, 0.5) is 11.5 Å². The number of rotatable bonds is 5. The first kappa shape index (κ1) is 18.5. The Hall–Kier alpha value is -3.57. The van der Waals surface area contributed by atoms with Crippen LogP contribution in [0.5, 0.6) is 0 Å². The number of fused-ring (bicyclic) bond motifs is 1. The summed E-state index contributed by atoms with van der Waals surface area (Å²) in [6.45, 7) is 2.10. The normalized spacial score (nSPS) is 11.0. The highest BCUT2D eigenvalue weighted by Gasteiger charge is 2.13. The molecular formula is C25H20N4S. The van der Waals surface area contributed by atoms with E-state index in [0.29, 0.717) is 0 Å². The molecule has 0 fully saturated rings. The monoisotopic (exact) mass is 408 g/mol. The molecule has 146 valence electrons. The van der Waals surface area contributed by atoms with E-state index in [9.17, 15) is 0 Å². The molecule has 0 saturated carbocycles. The average molecular weight is 409 g/mol. The van der Waals surface area contributed by atoms with Gasteiger partial charge >= 0.3 is 0 Å². The highest BCUT2D eigenvalue weighted by atomic mass is 32.1. The van der Waals surface area contributed by atoms with Gasteiger partial charge in [0.05, 0.1) is 5.39 Å². The number of anilines is 2. The molecule has 0 bridgehead atoms. The summed E-state index contributed by atoms with van der Waals surface area (Å²) >= 11 is 1.65. The molecule has 0 unspecified atom stereocenters. The van der Waals surface area contributed by atoms with E-state index in [2.05, 4.69) is 81.1 Å². The highest BCUT2D eigenvalue weighted by Crippen LogP contribution is 2.37. The predicted molar refractivity (Wildman–Crippen MR) is 124 cm³/mol. The number of nitrogens with one attached hydrogen (secondary N) is 1. The van der Waals surface area contributed by atoms with Gasteiger partial charge in [-0.3, -0.25) is 4.98 Å². The number of hydrogen-bond acceptors (Lipinski definition) is 5. The fourth-order valence-electron chi connectivity index (χ4n) is 3.49. The van der Waals surface area contributed by atoms with Gasteiger partial charge in [-0.1, -0.05) is 42.0 Å². The minimum absolute atomic E-state index is 0.832. The summed E-state index contributed by atoms with van der Waals surface area (Å²) in [5, 5.41) is 6.71. The molecule has 1 N–H and O–H groups in total. The summed E-state index contributed by atoms with van der Waals surface area (Å²) in [4.78, 5) is 14.1. The van der Waals surface area contributed by atoms with Crippen molar-refractivity contribution in [3.8, 4) is 11.1 Å². The molecule has 5 rings (SSSR count). The Morgan fingerprint density at radius 1 is 0.833 bits per heavy atom. The first-order valence-electron chi connectivity index (χ1n) is 9.80. The largest absolute Gasteiger partial charge is 0.340 e. The molecule has 0 radical (unpaired) electrons. The predicted octanol–water partition coefficient (Wildman–Crippen LogP) is 6.40. The van der Waals surface area contributed by atoms with Crippen molar-refractivity contribution in [2.75, 3.05) is 5.32 Å². The van der Waals surface area contributed by atoms with Gasteiger partial charge in [0.25, 0.3) is 0 Å². The van der Waals surface area contributed by atoms with Crippen LogP contribution in [0.3, 0.4) is 0 Å². The zero-order valence-electron chi connectivity index (χ0n) is 16.5. The molecule has 0 saturated heterocycles. The lowest BCUT2D eigenvalue weighted by molar-refractivity contribution is 1.16. The van der Waals surface area contributed by atoms with Gasteiger partial charge in [0, 0.05) is 29.0 Å². The van der Waals surface area contributed by atoms with Crippen molar-refractivity contribution in [2.24, 2.45) is 0 Å². The highest BCUT2D eigenvalue weighted by molar-refractivity contribution is 7.17. The van der Waals surface area contributed by atoms with E-state index in [1.807, 2.05) is 24.5 Å². The first-order chi connectivity index (χ1) is 14.8. The summed E-state index contributed by atoms with van der Waals surface area (Å²) < 4.78 is 0. The van der Waals surface area contributed by atoms with Crippen LogP contribution in [0.1, 0.15) is 16.7 Å². The lowest BCUT2D eigenvalue weighted by atomic mass is 10.0. The number of pyridine rings is 1. The van der Waals surface area contributed by atoms with Gasteiger partial charge in [0.1, 0.15) is 17.0 Å². The summed E-state index contributed by atoms with van der Waals surface area (Å²) in [6.07, 6.45) is 6.18. The van der Waals surface area contributed by atoms with Gasteiger partial charge in [-0.15, -0.1) is 11.3 Å². The van der Waals surface area contributed by atoms with Crippen molar-refractivity contribution >= 4 is 33.1 Å². The number of nitrogens with zero attached hydrogens (tertiary/aromatic N) is 3. The van der Waals surface area contributed by atoms with Gasteiger partial charge in [0.15, 0.2) is 0 Å². The van der Waals surface area contributed by atoms with E-state index in [-0.39, 0.29) is 0 Å². The first-order valence-corrected chi connectivity index (χ1v) is 10.7. The number of aromatic nitrogens is 3. The standard InChI is InChI=1S/C25H20N4S/c1-17-2-6-20(7-3-17)22-15-30-25-23(22)24(27-16-28-25)29-21-8-4-18(5-9-21)14-19-10-12-26-13-11-19/h2-13,15-16H,14H2,1H3,(H,27,28,29). The van der Waals surface area contributed by atoms with Crippen LogP contribution in [-0.2, 0) is 6.42 Å². The fraction of sp³-hybridized carbons (Fsp3) is 0.0800. The number of hydrogen-bond donors (Lipinski definition) is 1. The van der Waals surface area contributed by atoms with Crippen LogP contribution in [0.2, 0.25) is 0 Å². The number of aryl methyl sites for hydroxylation is 1. The SMILES string of the molecule is Cc1ccc(-c2csc3ncnc(Nc4ccc(Cc5ccncc5)cc4)c23)cc1. The molecule has 4 nitrogen and oxygen atoms in total. The quantitative estimate of drug-likeness (QED) is 0.366. The Morgan fingerprint density at radius 3 is 2.33 bits per heavy atom. The minimum Gasteiger partial charge on any atom is -0.340 e. The topological polar surface area (TPSA) is 50.7 Å². The Labute approximate surface area is 179 Å². The summed E-state index contributed by atoms with van der Waals surface area (Å²) in [7, 11) is 0. The van der Waals surface area contributed by atoms with E-state index in [1.54, 1.807) is 17.7 Å². The second kappa shape index (κ2) is 8.05. The van der Waals surface area contributed by atoms with Crippen molar-refractivity contribution in [1.82, 2.24) is 15.0 Å². The molecule has 0 aliphatic carbocycles. The third-order valence-electron chi connectivity index (χ3n) is 5.11. The third kappa shape index (κ3) is 3.80. The van der Waals surface area contributed by atoms with E-state index >= 15 is 0 Å². The third-order valence-corrected chi connectivity index (χ3v) is 5.99. The molecule has 0 spiro atoms. The summed E-state index contributed by atoms with van der Waals surface area (Å²) in [5.74, 6) is 0.832. The second-order valence-electron chi connectivity index (χ2n) is 7.27. The molecular weight excluding hydrogens is 388 g/mol. The van der Waals surface area contributed by atoms with Crippen molar-refractivity contribution < 1.29 is 0 Å². The maximum absolute atomic E-state index is 4.55. The van der Waals surface area contributed by atoms with Crippen LogP contribution < -0.4 is 5.32 Å². The second-order valence-corrected chi connectivity index (χ2v) is 8.13. The zero-order chi connectivity index (χ0) is 20.3. The van der Waals surface area contributed by atoms with Crippen molar-refractivity contribution in [3.05, 3.63) is 101 Å². The van der Waals surface area contributed by atoms with Gasteiger partial charge in [0.2, 0.25) is 0 Å². The molecule has 3 heterocycles. The van der Waals surface area contributed by atoms with Crippen LogP contribution in [0, 0.1) is 6.92 Å². The van der Waals surface area contributed by atoms with Gasteiger partial charge in [-0.25, -0.2) is 9.97 Å². The minimum atomic E-state index is 0.832. The fourth-order valence-corrected chi connectivity index (χ4v) is 4.41. The van der Waals surface area contributed by atoms with E-state index in [0.717, 1.165) is 33.7 Å². The lowest BCUT2D eigenvalue weighted by Crippen LogP contribution is -1.96. The number of benzene rings is 2. The van der Waals surface area contributed by atoms with Crippen molar-refractivity contribution in [1.29, 1.82) is 0 Å². The van der Waals surface area contributed by atoms with Crippen LogP contribution in [-0.4, -0.2) is 15.0 Å². The van der Waals surface area contributed by atoms with Crippen molar-refractivity contribution in [2.45, 2.75) is 13.3 Å². The van der Waals surface area contributed by atoms with Gasteiger partial charge in [-0.05, 0) is 54.3 Å². The maximum Gasteiger partial charge on any atom is 0.143 e. The molecule has 3 aromatic heterocycles. The molecule has 0 aliphatic rings. The van der Waals surface area contributed by atoms with Crippen molar-refractivity contribution in [3.63, 3.8) is 0 Å². The Balaban J connectivity index is 1.44. The molecule has 0 amide bonds. The van der Waals surface area contributed by atoms with E-state index < -0.39 is 0 Å². The smallest absolute Gasteiger partial charge is 0.143 e. The van der Waals surface area contributed by atoms with E-state index in [1.165, 1.54) is 22.3 Å². The molecule has 2 aromatic carbocycles. The molecule has 0 atom stereocenters. The Bertz CT molecular complexity index is 1280. The zero-order valence-corrected chi connectivity index (χ0v) is 17.4. The summed E-state index contributed by atoms with van der Waals surface area (Å²) in [5.41, 5.74) is 7.11. The lowest BCUT2D eigenvalue weighted by Gasteiger charge is -2.10. The van der Waals surface area contributed by atoms with Gasteiger partial charge < -0.3 is 5.32 Å². The average Bonchev–Trinajstić information content (AvgIpc) is 3.22. The van der Waals surface area contributed by atoms with Crippen LogP contribution in [0.25, 0.3) is 21.3 Å². The Morgan fingerprint density at radius 2 is 1.57 bits per heavy atom. The molecule has 5 aromatic rings. The Kier molecular flexibility index (Phi) is 4.95. The van der Waals surface area contributed by atoms with Gasteiger partial charge in [-0.2, -0.15) is 0 Å². The van der Waals surface area contributed by atoms with E-state index in [4.69, 9.17) is 0 Å². The number of thiophene rings is 1.